The maximum absolute atomic E-state index is 12.7. The number of nitriles is 1. The number of ketones is 1. The van der Waals surface area contributed by atoms with Crippen molar-refractivity contribution >= 4 is 40.0 Å². The number of Topliss-reactive ketones (excluding diaryl/α,β-unsaturated/α-hetero) is 1. The zero-order valence-corrected chi connectivity index (χ0v) is 15.9. The lowest BCUT2D eigenvalue weighted by Gasteiger charge is -2.08. The maximum Gasteiger partial charge on any atom is 0.417 e. The molecule has 0 N–H and O–H groups in total. The Hall–Kier alpha value is -2.50. The molecule has 3 aromatic rings. The van der Waals surface area contributed by atoms with Gasteiger partial charge in [0.15, 0.2) is 5.78 Å². The first-order chi connectivity index (χ1) is 13.3. The first-order valence-corrected chi connectivity index (χ1v) is 9.51. The minimum absolute atomic E-state index is 0.0235. The van der Waals surface area contributed by atoms with Crippen molar-refractivity contribution in [1.82, 2.24) is 9.55 Å². The monoisotopic (exact) mass is 423 g/mol. The fourth-order valence-corrected chi connectivity index (χ4v) is 3.80. The lowest BCUT2D eigenvalue weighted by Crippen LogP contribution is -2.06. The van der Waals surface area contributed by atoms with Crippen molar-refractivity contribution in [2.45, 2.75) is 24.2 Å². The van der Waals surface area contributed by atoms with E-state index in [1.165, 1.54) is 0 Å². The number of fused-ring (bicyclic) bond motifs is 1. The molecule has 0 aliphatic rings. The van der Waals surface area contributed by atoms with Gasteiger partial charge in [-0.25, -0.2) is 4.98 Å². The van der Waals surface area contributed by atoms with Gasteiger partial charge in [0.05, 0.1) is 28.8 Å². The van der Waals surface area contributed by atoms with E-state index >= 15 is 0 Å². The largest absolute Gasteiger partial charge is 0.417 e. The predicted octanol–water partition coefficient (Wildman–Crippen LogP) is 5.60. The lowest BCUT2D eigenvalue weighted by molar-refractivity contribution is -0.137. The highest BCUT2D eigenvalue weighted by molar-refractivity contribution is 8.00. The Morgan fingerprint density at radius 3 is 2.75 bits per heavy atom. The molecule has 0 saturated carbocycles. The van der Waals surface area contributed by atoms with Gasteiger partial charge in [-0.1, -0.05) is 41.6 Å². The van der Waals surface area contributed by atoms with E-state index in [2.05, 4.69) is 11.1 Å². The van der Waals surface area contributed by atoms with Gasteiger partial charge in [-0.15, -0.1) is 0 Å². The number of pyridine rings is 1. The highest BCUT2D eigenvalue weighted by Crippen LogP contribution is 2.34. The Bertz CT molecular complexity index is 1070. The number of para-hydroxylation sites is 1. The molecule has 1 aromatic carbocycles. The number of aromatic nitrogens is 2. The lowest BCUT2D eigenvalue weighted by atomic mass is 10.1. The molecule has 144 valence electrons. The minimum atomic E-state index is -4.53. The van der Waals surface area contributed by atoms with Crippen LogP contribution in [-0.2, 0) is 12.7 Å². The third-order valence-corrected chi connectivity index (χ3v) is 5.43. The quantitative estimate of drug-likeness (QED) is 0.382. The Kier molecular flexibility index (Phi) is 5.96. The van der Waals surface area contributed by atoms with Crippen LogP contribution >= 0.6 is 23.4 Å². The molecular formula is C19H13ClF3N3OS. The summed E-state index contributed by atoms with van der Waals surface area (Å²) < 4.78 is 39.9. The van der Waals surface area contributed by atoms with E-state index in [1.807, 2.05) is 28.8 Å². The highest BCUT2D eigenvalue weighted by atomic mass is 35.5. The Balaban J connectivity index is 1.80. The zero-order chi connectivity index (χ0) is 20.3. The van der Waals surface area contributed by atoms with E-state index in [4.69, 9.17) is 16.9 Å². The topological polar surface area (TPSA) is 58.7 Å². The van der Waals surface area contributed by atoms with Crippen molar-refractivity contribution < 1.29 is 18.0 Å². The van der Waals surface area contributed by atoms with Crippen LogP contribution in [-0.4, -0.2) is 21.1 Å². The summed E-state index contributed by atoms with van der Waals surface area (Å²) in [6.45, 7) is 0.462. The normalized spacial score (nSPS) is 11.5. The van der Waals surface area contributed by atoms with Crippen LogP contribution in [0.5, 0.6) is 0 Å². The van der Waals surface area contributed by atoms with Crippen LogP contribution in [0, 0.1) is 11.3 Å². The number of carbonyl (C=O) groups is 1. The molecule has 0 amide bonds. The van der Waals surface area contributed by atoms with Crippen LogP contribution in [0.15, 0.2) is 47.8 Å². The molecule has 0 atom stereocenters. The number of thioether (sulfide) groups is 1. The highest BCUT2D eigenvalue weighted by Gasteiger charge is 2.31. The SMILES string of the molecule is N#CCCn1cc(C(=O)CSc2ncc(C(F)(F)F)cc2Cl)c2ccccc21. The molecule has 0 bridgehead atoms. The molecule has 4 nitrogen and oxygen atoms in total. The third kappa shape index (κ3) is 4.32. The molecule has 0 saturated heterocycles. The number of aryl methyl sites for hydroxylation is 1. The zero-order valence-electron chi connectivity index (χ0n) is 14.3. The van der Waals surface area contributed by atoms with E-state index in [-0.39, 0.29) is 21.6 Å². The van der Waals surface area contributed by atoms with Gasteiger partial charge >= 0.3 is 6.18 Å². The van der Waals surface area contributed by atoms with Gasteiger partial charge in [-0.2, -0.15) is 18.4 Å². The van der Waals surface area contributed by atoms with E-state index in [1.54, 1.807) is 6.20 Å². The van der Waals surface area contributed by atoms with Crippen molar-refractivity contribution in [2.75, 3.05) is 5.75 Å². The second-order valence-corrected chi connectivity index (χ2v) is 7.25. The van der Waals surface area contributed by atoms with Gasteiger partial charge in [0, 0.05) is 35.4 Å². The molecular weight excluding hydrogens is 411 g/mol. The van der Waals surface area contributed by atoms with E-state index in [0.29, 0.717) is 24.7 Å². The fraction of sp³-hybridized carbons (Fsp3) is 0.211. The smallest absolute Gasteiger partial charge is 0.346 e. The van der Waals surface area contributed by atoms with Gasteiger partial charge in [0.25, 0.3) is 0 Å². The number of carbonyl (C=O) groups excluding carboxylic acids is 1. The Morgan fingerprint density at radius 1 is 1.32 bits per heavy atom. The van der Waals surface area contributed by atoms with Crippen molar-refractivity contribution in [3.8, 4) is 6.07 Å². The summed E-state index contributed by atoms with van der Waals surface area (Å²) in [6, 6.07) is 10.2. The summed E-state index contributed by atoms with van der Waals surface area (Å²) in [5.74, 6) is -0.223. The van der Waals surface area contributed by atoms with E-state index in [0.717, 1.165) is 28.7 Å². The predicted molar refractivity (Wildman–Crippen MR) is 101 cm³/mol. The number of benzene rings is 1. The fourth-order valence-electron chi connectivity index (χ4n) is 2.72. The van der Waals surface area contributed by atoms with Gasteiger partial charge in [0.2, 0.25) is 0 Å². The first kappa shape index (κ1) is 20.2. The van der Waals surface area contributed by atoms with Crippen LogP contribution < -0.4 is 0 Å². The number of alkyl halides is 3. The van der Waals surface area contributed by atoms with E-state index in [9.17, 15) is 18.0 Å². The maximum atomic E-state index is 12.7. The van der Waals surface area contributed by atoms with Gasteiger partial charge in [-0.05, 0) is 12.1 Å². The molecule has 3 rings (SSSR count). The Labute approximate surface area is 167 Å². The average molecular weight is 424 g/mol. The van der Waals surface area contributed by atoms with Crippen LogP contribution in [0.3, 0.4) is 0 Å². The molecule has 0 aliphatic carbocycles. The van der Waals surface area contributed by atoms with Crippen molar-refractivity contribution in [1.29, 1.82) is 5.26 Å². The van der Waals surface area contributed by atoms with Crippen molar-refractivity contribution in [2.24, 2.45) is 0 Å². The molecule has 28 heavy (non-hydrogen) atoms. The van der Waals surface area contributed by atoms with Crippen molar-refractivity contribution in [3.05, 3.63) is 58.9 Å². The van der Waals surface area contributed by atoms with E-state index < -0.39 is 11.7 Å². The Morgan fingerprint density at radius 2 is 2.07 bits per heavy atom. The molecule has 0 fully saturated rings. The summed E-state index contributed by atoms with van der Waals surface area (Å²) in [5, 5.41) is 9.57. The first-order valence-electron chi connectivity index (χ1n) is 8.15. The molecule has 0 radical (unpaired) electrons. The second kappa shape index (κ2) is 8.25. The summed E-state index contributed by atoms with van der Waals surface area (Å²) >= 11 is 6.88. The van der Waals surface area contributed by atoms with Crippen LogP contribution in [0.25, 0.3) is 10.9 Å². The number of halogens is 4. The van der Waals surface area contributed by atoms with Crippen LogP contribution in [0.4, 0.5) is 13.2 Å². The minimum Gasteiger partial charge on any atom is -0.346 e. The van der Waals surface area contributed by atoms with Gasteiger partial charge in [-0.3, -0.25) is 4.79 Å². The standard InChI is InChI=1S/C19H13ClF3N3OS/c20-15-8-12(19(21,22)23)9-25-18(15)28-11-17(27)14-10-26(7-3-6-24)16-5-2-1-4-13(14)16/h1-2,4-5,8-10H,3,7,11H2. The van der Waals surface area contributed by atoms with Crippen LogP contribution in [0.1, 0.15) is 22.3 Å². The molecule has 0 unspecified atom stereocenters. The third-order valence-electron chi connectivity index (χ3n) is 4.03. The number of hydrogen-bond acceptors (Lipinski definition) is 4. The molecule has 0 spiro atoms. The van der Waals surface area contributed by atoms with Crippen LogP contribution in [0.2, 0.25) is 5.02 Å². The second-order valence-electron chi connectivity index (χ2n) is 5.88. The average Bonchev–Trinajstić information content (AvgIpc) is 3.03. The van der Waals surface area contributed by atoms with Gasteiger partial charge < -0.3 is 4.57 Å². The molecule has 2 aromatic heterocycles. The molecule has 0 aliphatic heterocycles. The summed E-state index contributed by atoms with van der Waals surface area (Å²) in [7, 11) is 0. The summed E-state index contributed by atoms with van der Waals surface area (Å²) in [4.78, 5) is 16.4. The number of hydrogen-bond donors (Lipinski definition) is 0. The number of nitrogens with zero attached hydrogens (tertiary/aromatic N) is 3. The molecule has 9 heteroatoms. The van der Waals surface area contributed by atoms with Crippen molar-refractivity contribution in [3.63, 3.8) is 0 Å². The summed E-state index contributed by atoms with van der Waals surface area (Å²) in [6.07, 6.45) is -1.81. The number of rotatable bonds is 6. The molecule has 2 heterocycles. The van der Waals surface area contributed by atoms with Gasteiger partial charge in [0.1, 0.15) is 5.03 Å². The summed E-state index contributed by atoms with van der Waals surface area (Å²) in [5.41, 5.74) is 0.398.